The normalized spacial score (nSPS) is 23.4. The van der Waals surface area contributed by atoms with Crippen molar-refractivity contribution in [2.75, 3.05) is 20.6 Å². The molecule has 1 atom stereocenters. The minimum atomic E-state index is -3.23. The Balaban J connectivity index is 1.94. The van der Waals surface area contributed by atoms with Gasteiger partial charge in [0.25, 0.3) is 0 Å². The van der Waals surface area contributed by atoms with Gasteiger partial charge < -0.3 is 4.90 Å². The van der Waals surface area contributed by atoms with Crippen molar-refractivity contribution in [2.45, 2.75) is 63.3 Å². The van der Waals surface area contributed by atoms with E-state index in [0.29, 0.717) is 12.4 Å². The zero-order valence-electron chi connectivity index (χ0n) is 14.9. The third-order valence-electron chi connectivity index (χ3n) is 5.07. The van der Waals surface area contributed by atoms with E-state index in [9.17, 15) is 8.42 Å². The van der Waals surface area contributed by atoms with E-state index in [1.54, 1.807) is 4.31 Å². The first-order chi connectivity index (χ1) is 11.4. The van der Waals surface area contributed by atoms with E-state index in [2.05, 4.69) is 14.9 Å². The Morgan fingerprint density at radius 1 is 1.21 bits per heavy atom. The van der Waals surface area contributed by atoms with Crippen LogP contribution in [-0.2, 0) is 16.6 Å². The topological polar surface area (TPSA) is 66.4 Å². The van der Waals surface area contributed by atoms with E-state index in [1.165, 1.54) is 0 Å². The van der Waals surface area contributed by atoms with Crippen LogP contribution < -0.4 is 0 Å². The van der Waals surface area contributed by atoms with Crippen LogP contribution in [-0.4, -0.2) is 53.5 Å². The van der Waals surface area contributed by atoms with Crippen LogP contribution in [0.4, 0.5) is 0 Å². The molecule has 0 N–H and O–H groups in total. The van der Waals surface area contributed by atoms with Crippen molar-refractivity contribution >= 4 is 10.0 Å². The first-order valence-corrected chi connectivity index (χ1v) is 10.4. The molecule has 134 valence electrons. The van der Waals surface area contributed by atoms with Crippen LogP contribution in [0.3, 0.4) is 0 Å². The summed E-state index contributed by atoms with van der Waals surface area (Å²) in [4.78, 5) is 11.0. The Kier molecular flexibility index (Phi) is 5.22. The lowest BCUT2D eigenvalue weighted by atomic mass is 10.1. The second-order valence-corrected chi connectivity index (χ2v) is 9.45. The SMILES string of the molecule is Cc1ncc(CN(C)C)c([C@H]2CCCN2S(=O)(=O)C2CCCC2)n1. The number of hydrogen-bond donors (Lipinski definition) is 0. The molecule has 0 radical (unpaired) electrons. The average molecular weight is 353 g/mol. The predicted molar refractivity (Wildman–Crippen MR) is 94.0 cm³/mol. The Bertz CT molecular complexity index is 684. The van der Waals surface area contributed by atoms with Crippen LogP contribution >= 0.6 is 0 Å². The maximum Gasteiger partial charge on any atom is 0.217 e. The van der Waals surface area contributed by atoms with E-state index in [1.807, 2.05) is 27.2 Å². The number of aromatic nitrogens is 2. The molecule has 7 heteroatoms. The highest BCUT2D eigenvalue weighted by atomic mass is 32.2. The molecule has 0 spiro atoms. The average Bonchev–Trinajstić information content (AvgIpc) is 3.20. The van der Waals surface area contributed by atoms with Gasteiger partial charge >= 0.3 is 0 Å². The van der Waals surface area contributed by atoms with Gasteiger partial charge in [0.15, 0.2) is 0 Å². The van der Waals surface area contributed by atoms with Crippen molar-refractivity contribution in [3.05, 3.63) is 23.3 Å². The predicted octanol–water partition coefficient (Wildman–Crippen LogP) is 2.26. The largest absolute Gasteiger partial charge is 0.305 e. The fourth-order valence-electron chi connectivity index (χ4n) is 3.96. The number of hydrogen-bond acceptors (Lipinski definition) is 5. The van der Waals surface area contributed by atoms with E-state index >= 15 is 0 Å². The summed E-state index contributed by atoms with van der Waals surface area (Å²) in [7, 11) is 0.776. The van der Waals surface area contributed by atoms with Crippen molar-refractivity contribution in [3.63, 3.8) is 0 Å². The second kappa shape index (κ2) is 7.06. The third kappa shape index (κ3) is 3.48. The van der Waals surface area contributed by atoms with Gasteiger partial charge in [-0.25, -0.2) is 18.4 Å². The maximum absolute atomic E-state index is 13.1. The highest BCUT2D eigenvalue weighted by molar-refractivity contribution is 7.89. The molecule has 3 rings (SSSR count). The number of sulfonamides is 1. The van der Waals surface area contributed by atoms with Crippen molar-refractivity contribution in [1.82, 2.24) is 19.2 Å². The molecule has 1 saturated carbocycles. The lowest BCUT2D eigenvalue weighted by Crippen LogP contribution is -2.38. The van der Waals surface area contributed by atoms with Crippen molar-refractivity contribution < 1.29 is 8.42 Å². The number of rotatable bonds is 5. The molecule has 2 aliphatic rings. The van der Waals surface area contributed by atoms with Gasteiger partial charge in [-0.3, -0.25) is 0 Å². The zero-order chi connectivity index (χ0) is 17.3. The Morgan fingerprint density at radius 2 is 1.92 bits per heavy atom. The van der Waals surface area contributed by atoms with Crippen molar-refractivity contribution in [3.8, 4) is 0 Å². The molecular weight excluding hydrogens is 324 g/mol. The molecule has 6 nitrogen and oxygen atoms in total. The van der Waals surface area contributed by atoms with Gasteiger partial charge in [0.1, 0.15) is 5.82 Å². The third-order valence-corrected chi connectivity index (χ3v) is 7.48. The molecule has 1 saturated heterocycles. The molecule has 0 aromatic carbocycles. The standard InChI is InChI=1S/C17H28N4O2S/c1-13-18-11-14(12-20(2)3)17(19-13)16-9-6-10-21(16)24(22,23)15-7-4-5-8-15/h11,15-16H,4-10,12H2,1-3H3/t16-/m1/s1. The summed E-state index contributed by atoms with van der Waals surface area (Å²) in [6, 6.07) is -0.132. The van der Waals surface area contributed by atoms with Gasteiger partial charge in [-0.05, 0) is 46.7 Å². The molecule has 1 aliphatic carbocycles. The molecule has 1 aromatic heterocycles. The molecule has 1 aromatic rings. The summed E-state index contributed by atoms with van der Waals surface area (Å²) < 4.78 is 28.0. The van der Waals surface area contributed by atoms with E-state index in [-0.39, 0.29) is 11.3 Å². The van der Waals surface area contributed by atoms with Gasteiger partial charge in [-0.1, -0.05) is 12.8 Å². The lowest BCUT2D eigenvalue weighted by molar-refractivity contribution is 0.366. The van der Waals surface area contributed by atoms with Crippen LogP contribution in [0.5, 0.6) is 0 Å². The Hall–Kier alpha value is -1.05. The van der Waals surface area contributed by atoms with Crippen LogP contribution in [0.25, 0.3) is 0 Å². The van der Waals surface area contributed by atoms with Crippen LogP contribution in [0.1, 0.15) is 61.6 Å². The van der Waals surface area contributed by atoms with E-state index in [4.69, 9.17) is 0 Å². The quantitative estimate of drug-likeness (QED) is 0.813. The summed E-state index contributed by atoms with van der Waals surface area (Å²) in [6.07, 6.45) is 7.28. The highest BCUT2D eigenvalue weighted by Crippen LogP contribution is 2.39. The van der Waals surface area contributed by atoms with Crippen LogP contribution in [0.15, 0.2) is 6.20 Å². The molecule has 0 bridgehead atoms. The molecule has 0 amide bonds. The van der Waals surface area contributed by atoms with Crippen molar-refractivity contribution in [2.24, 2.45) is 0 Å². The molecule has 2 fully saturated rings. The molecule has 24 heavy (non-hydrogen) atoms. The Labute approximate surface area is 145 Å². The summed E-state index contributed by atoms with van der Waals surface area (Å²) in [5.41, 5.74) is 1.93. The summed E-state index contributed by atoms with van der Waals surface area (Å²) in [6.45, 7) is 3.21. The molecule has 0 unspecified atom stereocenters. The van der Waals surface area contributed by atoms with Gasteiger partial charge in [0.05, 0.1) is 17.0 Å². The summed E-state index contributed by atoms with van der Waals surface area (Å²) >= 11 is 0. The summed E-state index contributed by atoms with van der Waals surface area (Å²) in [5.74, 6) is 0.706. The van der Waals surface area contributed by atoms with Crippen LogP contribution in [0.2, 0.25) is 0 Å². The van der Waals surface area contributed by atoms with Crippen molar-refractivity contribution in [1.29, 1.82) is 0 Å². The molecular formula is C17H28N4O2S. The number of aryl methyl sites for hydroxylation is 1. The fraction of sp³-hybridized carbons (Fsp3) is 0.765. The fourth-order valence-corrected chi connectivity index (χ4v) is 6.21. The van der Waals surface area contributed by atoms with Gasteiger partial charge in [-0.2, -0.15) is 4.31 Å². The smallest absolute Gasteiger partial charge is 0.217 e. The molecule has 1 aliphatic heterocycles. The van der Waals surface area contributed by atoms with Gasteiger partial charge in [0, 0.05) is 24.8 Å². The lowest BCUT2D eigenvalue weighted by Gasteiger charge is -2.28. The minimum absolute atomic E-state index is 0.132. The Morgan fingerprint density at radius 3 is 2.58 bits per heavy atom. The molecule has 2 heterocycles. The van der Waals surface area contributed by atoms with E-state index in [0.717, 1.165) is 56.3 Å². The number of nitrogens with zero attached hydrogens (tertiary/aromatic N) is 4. The first-order valence-electron chi connectivity index (χ1n) is 8.87. The van der Waals surface area contributed by atoms with Gasteiger partial charge in [0.2, 0.25) is 10.0 Å². The monoisotopic (exact) mass is 352 g/mol. The highest BCUT2D eigenvalue weighted by Gasteiger charge is 2.42. The second-order valence-electron chi connectivity index (χ2n) is 7.29. The van der Waals surface area contributed by atoms with Gasteiger partial charge in [-0.15, -0.1) is 0 Å². The minimum Gasteiger partial charge on any atom is -0.305 e. The zero-order valence-corrected chi connectivity index (χ0v) is 15.7. The first kappa shape index (κ1) is 17.8. The maximum atomic E-state index is 13.1. The van der Waals surface area contributed by atoms with E-state index < -0.39 is 10.0 Å². The summed E-state index contributed by atoms with van der Waals surface area (Å²) in [5, 5.41) is -0.196. The van der Waals surface area contributed by atoms with Crippen LogP contribution in [0, 0.1) is 6.92 Å².